The molecule has 5 nitrogen and oxygen atoms in total. The predicted molar refractivity (Wildman–Crippen MR) is 72.8 cm³/mol. The van der Waals surface area contributed by atoms with Crippen LogP contribution in [0.1, 0.15) is 17.3 Å². The number of nitrogens with one attached hydrogen (secondary N) is 1. The first kappa shape index (κ1) is 11.6. The highest BCUT2D eigenvalue weighted by atomic mass is 16.4. The third kappa shape index (κ3) is 2.27. The SMILES string of the molecule is Cc1cnc(CNc2nnc(C)c3ccccc23)o1. The summed E-state index contributed by atoms with van der Waals surface area (Å²) in [4.78, 5) is 4.15. The molecule has 0 saturated carbocycles. The van der Waals surface area contributed by atoms with Gasteiger partial charge in [0.25, 0.3) is 0 Å². The number of nitrogens with zero attached hydrogens (tertiary/aromatic N) is 3. The second-order valence-corrected chi connectivity index (χ2v) is 4.40. The van der Waals surface area contributed by atoms with Gasteiger partial charge in [-0.3, -0.25) is 0 Å². The molecular weight excluding hydrogens is 240 g/mol. The van der Waals surface area contributed by atoms with Crippen molar-refractivity contribution in [1.29, 1.82) is 0 Å². The zero-order valence-corrected chi connectivity index (χ0v) is 10.8. The van der Waals surface area contributed by atoms with E-state index in [1.54, 1.807) is 6.20 Å². The van der Waals surface area contributed by atoms with Crippen LogP contribution in [0.5, 0.6) is 0 Å². The number of hydrogen-bond donors (Lipinski definition) is 1. The Kier molecular flexibility index (Phi) is 2.87. The molecule has 19 heavy (non-hydrogen) atoms. The highest BCUT2D eigenvalue weighted by Crippen LogP contribution is 2.22. The standard InChI is InChI=1S/C14H14N4O/c1-9-7-15-13(19-9)8-16-14-12-6-4-3-5-11(12)10(2)17-18-14/h3-7H,8H2,1-2H3,(H,16,18). The first-order valence-corrected chi connectivity index (χ1v) is 6.11. The Bertz CT molecular complexity index is 720. The van der Waals surface area contributed by atoms with E-state index in [4.69, 9.17) is 4.42 Å². The Hall–Kier alpha value is -2.43. The van der Waals surface area contributed by atoms with E-state index in [1.807, 2.05) is 38.1 Å². The summed E-state index contributed by atoms with van der Waals surface area (Å²) in [5.41, 5.74) is 0.924. The maximum Gasteiger partial charge on any atom is 0.213 e. The molecule has 2 heterocycles. The van der Waals surface area contributed by atoms with Crippen LogP contribution < -0.4 is 5.32 Å². The molecule has 96 valence electrons. The number of oxazole rings is 1. The lowest BCUT2D eigenvalue weighted by molar-refractivity contribution is 0.479. The number of anilines is 1. The number of benzene rings is 1. The lowest BCUT2D eigenvalue weighted by Gasteiger charge is -2.07. The Labute approximate surface area is 110 Å². The summed E-state index contributed by atoms with van der Waals surface area (Å²) >= 11 is 0. The molecule has 0 aliphatic rings. The molecule has 0 atom stereocenters. The second-order valence-electron chi connectivity index (χ2n) is 4.40. The Morgan fingerprint density at radius 3 is 2.63 bits per heavy atom. The van der Waals surface area contributed by atoms with Crippen molar-refractivity contribution in [2.75, 3.05) is 5.32 Å². The molecule has 0 spiro atoms. The molecule has 0 unspecified atom stereocenters. The molecule has 0 saturated heterocycles. The van der Waals surface area contributed by atoms with E-state index in [2.05, 4.69) is 20.5 Å². The van der Waals surface area contributed by atoms with Gasteiger partial charge in [-0.2, -0.15) is 5.10 Å². The van der Waals surface area contributed by atoms with E-state index in [0.29, 0.717) is 12.4 Å². The summed E-state index contributed by atoms with van der Waals surface area (Å²) in [6.45, 7) is 4.32. The first-order valence-electron chi connectivity index (χ1n) is 6.11. The van der Waals surface area contributed by atoms with Gasteiger partial charge in [0.2, 0.25) is 5.89 Å². The quantitative estimate of drug-likeness (QED) is 0.778. The van der Waals surface area contributed by atoms with E-state index in [1.165, 1.54) is 0 Å². The number of fused-ring (bicyclic) bond motifs is 1. The summed E-state index contributed by atoms with van der Waals surface area (Å²) in [6.07, 6.45) is 1.70. The van der Waals surface area contributed by atoms with Gasteiger partial charge in [-0.15, -0.1) is 5.10 Å². The Balaban J connectivity index is 1.91. The molecule has 0 radical (unpaired) electrons. The molecule has 1 N–H and O–H groups in total. The van der Waals surface area contributed by atoms with E-state index >= 15 is 0 Å². The van der Waals surface area contributed by atoms with Gasteiger partial charge >= 0.3 is 0 Å². The van der Waals surface area contributed by atoms with Gasteiger partial charge in [-0.25, -0.2) is 4.98 Å². The molecule has 0 amide bonds. The fraction of sp³-hybridized carbons (Fsp3) is 0.214. The average molecular weight is 254 g/mol. The number of aromatic nitrogens is 3. The largest absolute Gasteiger partial charge is 0.444 e. The third-order valence-electron chi connectivity index (χ3n) is 2.95. The molecular formula is C14H14N4O. The number of aryl methyl sites for hydroxylation is 2. The van der Waals surface area contributed by atoms with Crippen LogP contribution in [0, 0.1) is 13.8 Å². The van der Waals surface area contributed by atoms with Crippen LogP contribution in [0.2, 0.25) is 0 Å². The molecule has 3 rings (SSSR count). The lowest BCUT2D eigenvalue weighted by atomic mass is 10.1. The lowest BCUT2D eigenvalue weighted by Crippen LogP contribution is -2.04. The van der Waals surface area contributed by atoms with Crippen LogP contribution in [0.25, 0.3) is 10.8 Å². The summed E-state index contributed by atoms with van der Waals surface area (Å²) in [6, 6.07) is 8.06. The minimum Gasteiger partial charge on any atom is -0.444 e. The number of hydrogen-bond acceptors (Lipinski definition) is 5. The maximum absolute atomic E-state index is 5.42. The van der Waals surface area contributed by atoms with Crippen molar-refractivity contribution < 1.29 is 4.42 Å². The zero-order valence-electron chi connectivity index (χ0n) is 10.8. The Morgan fingerprint density at radius 1 is 1.11 bits per heavy atom. The molecule has 0 aliphatic heterocycles. The molecule has 3 aromatic rings. The molecule has 5 heteroatoms. The van der Waals surface area contributed by atoms with Crippen molar-refractivity contribution in [2.24, 2.45) is 0 Å². The molecule has 0 aliphatic carbocycles. The monoisotopic (exact) mass is 254 g/mol. The molecule has 1 aromatic carbocycles. The molecule has 0 bridgehead atoms. The summed E-state index contributed by atoms with van der Waals surface area (Å²) < 4.78 is 5.42. The van der Waals surface area contributed by atoms with Gasteiger partial charge < -0.3 is 9.73 Å². The maximum atomic E-state index is 5.42. The highest BCUT2D eigenvalue weighted by Gasteiger charge is 2.07. The van der Waals surface area contributed by atoms with Gasteiger partial charge in [0.1, 0.15) is 5.76 Å². The van der Waals surface area contributed by atoms with E-state index in [9.17, 15) is 0 Å². The summed E-state index contributed by atoms with van der Waals surface area (Å²) in [7, 11) is 0. The van der Waals surface area contributed by atoms with Crippen molar-refractivity contribution in [2.45, 2.75) is 20.4 Å². The smallest absolute Gasteiger partial charge is 0.213 e. The zero-order chi connectivity index (χ0) is 13.2. The van der Waals surface area contributed by atoms with E-state index in [-0.39, 0.29) is 0 Å². The normalized spacial score (nSPS) is 10.8. The van der Waals surface area contributed by atoms with Crippen molar-refractivity contribution in [1.82, 2.24) is 15.2 Å². The van der Waals surface area contributed by atoms with Crippen LogP contribution in [-0.4, -0.2) is 15.2 Å². The van der Waals surface area contributed by atoms with Gasteiger partial charge in [0, 0.05) is 10.8 Å². The van der Waals surface area contributed by atoms with E-state index < -0.39 is 0 Å². The fourth-order valence-corrected chi connectivity index (χ4v) is 2.01. The van der Waals surface area contributed by atoms with Crippen molar-refractivity contribution in [3.05, 3.63) is 47.8 Å². The minimum absolute atomic E-state index is 0.496. The molecule has 2 aromatic heterocycles. The van der Waals surface area contributed by atoms with Crippen molar-refractivity contribution >= 4 is 16.6 Å². The van der Waals surface area contributed by atoms with Crippen molar-refractivity contribution in [3.63, 3.8) is 0 Å². The summed E-state index contributed by atoms with van der Waals surface area (Å²) in [5, 5.41) is 13.7. The van der Waals surface area contributed by atoms with Crippen LogP contribution >= 0.6 is 0 Å². The van der Waals surface area contributed by atoms with Crippen LogP contribution in [0.15, 0.2) is 34.9 Å². The van der Waals surface area contributed by atoms with Gasteiger partial charge in [0.05, 0.1) is 18.4 Å². The van der Waals surface area contributed by atoms with Gasteiger partial charge in [-0.05, 0) is 13.8 Å². The summed E-state index contributed by atoms with van der Waals surface area (Å²) in [5.74, 6) is 2.19. The topological polar surface area (TPSA) is 63.8 Å². The first-order chi connectivity index (χ1) is 9.24. The van der Waals surface area contributed by atoms with Crippen molar-refractivity contribution in [3.8, 4) is 0 Å². The van der Waals surface area contributed by atoms with Crippen LogP contribution in [0.3, 0.4) is 0 Å². The second kappa shape index (κ2) is 4.68. The van der Waals surface area contributed by atoms with E-state index in [0.717, 1.165) is 28.0 Å². The van der Waals surface area contributed by atoms with Gasteiger partial charge in [-0.1, -0.05) is 24.3 Å². The Morgan fingerprint density at radius 2 is 1.89 bits per heavy atom. The fourth-order valence-electron chi connectivity index (χ4n) is 2.01. The van der Waals surface area contributed by atoms with Crippen LogP contribution in [-0.2, 0) is 6.54 Å². The van der Waals surface area contributed by atoms with Gasteiger partial charge in [0.15, 0.2) is 5.82 Å². The minimum atomic E-state index is 0.496. The predicted octanol–water partition coefficient (Wildman–Crippen LogP) is 2.85. The average Bonchev–Trinajstić information content (AvgIpc) is 2.84. The third-order valence-corrected chi connectivity index (χ3v) is 2.95. The number of rotatable bonds is 3. The molecule has 0 fully saturated rings. The van der Waals surface area contributed by atoms with Crippen LogP contribution in [0.4, 0.5) is 5.82 Å². The highest BCUT2D eigenvalue weighted by molar-refractivity contribution is 5.92.